The maximum atomic E-state index is 12.3. The third-order valence-corrected chi connectivity index (χ3v) is 5.43. The van der Waals surface area contributed by atoms with E-state index in [-0.39, 0.29) is 12.2 Å². The molecule has 0 atom stereocenters. The number of hydrogen-bond donors (Lipinski definition) is 0. The van der Waals surface area contributed by atoms with Crippen LogP contribution < -0.4 is 4.74 Å². The molecule has 0 spiro atoms. The summed E-state index contributed by atoms with van der Waals surface area (Å²) in [7, 11) is 0. The van der Waals surface area contributed by atoms with Crippen molar-refractivity contribution >= 4 is 16.9 Å². The minimum absolute atomic E-state index is 0.00205. The number of fused-ring (bicyclic) bond motifs is 1. The standard InChI is InChI=1S/C26H27N3O3/c1-26(2,3)32-25(30)29-11-8-22(9-12-29)31-24-15-21(14-20-7-10-28-17-23(20)24)19-6-4-5-18(13-19)16-27/h4-7,10,13-15,17,22H,8-9,11-12H2,1-3H3. The normalized spacial score (nSPS) is 14.8. The molecule has 4 rings (SSSR count). The number of carbonyl (C=O) groups excluding carboxylic acids is 1. The van der Waals surface area contributed by atoms with Crippen LogP contribution in [-0.4, -0.2) is 40.8 Å². The zero-order valence-electron chi connectivity index (χ0n) is 18.7. The second kappa shape index (κ2) is 8.88. The van der Waals surface area contributed by atoms with Crippen molar-refractivity contribution in [1.29, 1.82) is 5.26 Å². The molecule has 164 valence electrons. The summed E-state index contributed by atoms with van der Waals surface area (Å²) in [6.07, 6.45) is 4.77. The number of aromatic nitrogens is 1. The first-order valence-electron chi connectivity index (χ1n) is 10.9. The zero-order valence-corrected chi connectivity index (χ0v) is 18.7. The number of amides is 1. The molecule has 6 nitrogen and oxygen atoms in total. The summed E-state index contributed by atoms with van der Waals surface area (Å²) in [4.78, 5) is 18.4. The molecule has 1 aliphatic rings. The smallest absolute Gasteiger partial charge is 0.410 e. The Morgan fingerprint density at radius 3 is 2.62 bits per heavy atom. The number of nitrogens with zero attached hydrogens (tertiary/aromatic N) is 3. The van der Waals surface area contributed by atoms with Crippen LogP contribution in [0, 0.1) is 11.3 Å². The number of hydrogen-bond acceptors (Lipinski definition) is 5. The maximum absolute atomic E-state index is 12.3. The van der Waals surface area contributed by atoms with Gasteiger partial charge in [0.05, 0.1) is 11.6 Å². The molecule has 0 bridgehead atoms. The number of likely N-dealkylation sites (tertiary alicyclic amines) is 1. The molecule has 1 aromatic heterocycles. The maximum Gasteiger partial charge on any atom is 0.410 e. The Bertz CT molecular complexity index is 1170. The van der Waals surface area contributed by atoms with Crippen molar-refractivity contribution in [3.63, 3.8) is 0 Å². The van der Waals surface area contributed by atoms with E-state index in [1.54, 1.807) is 17.2 Å². The number of carbonyl (C=O) groups is 1. The SMILES string of the molecule is CC(C)(C)OC(=O)N1CCC(Oc2cc(-c3cccc(C#N)c3)cc3ccncc23)CC1. The van der Waals surface area contributed by atoms with E-state index in [1.165, 1.54) is 0 Å². The minimum atomic E-state index is -0.500. The summed E-state index contributed by atoms with van der Waals surface area (Å²) in [5.74, 6) is 0.767. The fraction of sp³-hybridized carbons (Fsp3) is 0.346. The Labute approximate surface area is 188 Å². The second-order valence-corrected chi connectivity index (χ2v) is 9.05. The highest BCUT2D eigenvalue weighted by atomic mass is 16.6. The van der Waals surface area contributed by atoms with Crippen molar-refractivity contribution in [2.24, 2.45) is 0 Å². The van der Waals surface area contributed by atoms with Gasteiger partial charge in [-0.3, -0.25) is 4.98 Å². The van der Waals surface area contributed by atoms with Crippen molar-refractivity contribution in [2.45, 2.75) is 45.3 Å². The van der Waals surface area contributed by atoms with Gasteiger partial charge in [-0.1, -0.05) is 12.1 Å². The summed E-state index contributed by atoms with van der Waals surface area (Å²) in [6, 6.07) is 15.8. The minimum Gasteiger partial charge on any atom is -0.490 e. The summed E-state index contributed by atoms with van der Waals surface area (Å²) in [6.45, 7) is 6.82. The highest BCUT2D eigenvalue weighted by molar-refractivity contribution is 5.92. The number of pyridine rings is 1. The Kier molecular flexibility index (Phi) is 6.00. The Hall–Kier alpha value is -3.59. The van der Waals surface area contributed by atoms with E-state index in [1.807, 2.05) is 57.3 Å². The molecule has 1 aliphatic heterocycles. The van der Waals surface area contributed by atoms with Gasteiger partial charge in [0.1, 0.15) is 17.5 Å². The van der Waals surface area contributed by atoms with E-state index >= 15 is 0 Å². The average Bonchev–Trinajstić information content (AvgIpc) is 2.78. The summed E-state index contributed by atoms with van der Waals surface area (Å²) >= 11 is 0. The van der Waals surface area contributed by atoms with Crippen LogP contribution in [0.3, 0.4) is 0 Å². The number of rotatable bonds is 3. The molecular formula is C26H27N3O3. The molecule has 6 heteroatoms. The molecule has 0 radical (unpaired) electrons. The molecule has 32 heavy (non-hydrogen) atoms. The Morgan fingerprint density at radius 1 is 1.12 bits per heavy atom. The molecule has 0 unspecified atom stereocenters. The Morgan fingerprint density at radius 2 is 1.91 bits per heavy atom. The highest BCUT2D eigenvalue weighted by Gasteiger charge is 2.28. The van der Waals surface area contributed by atoms with Crippen LogP contribution >= 0.6 is 0 Å². The predicted molar refractivity (Wildman–Crippen MR) is 123 cm³/mol. The van der Waals surface area contributed by atoms with Crippen LogP contribution in [0.4, 0.5) is 4.79 Å². The first-order valence-corrected chi connectivity index (χ1v) is 10.9. The van der Waals surface area contributed by atoms with E-state index < -0.39 is 5.60 Å². The third-order valence-electron chi connectivity index (χ3n) is 5.43. The highest BCUT2D eigenvalue weighted by Crippen LogP contribution is 2.34. The van der Waals surface area contributed by atoms with Crippen molar-refractivity contribution in [1.82, 2.24) is 9.88 Å². The van der Waals surface area contributed by atoms with Crippen molar-refractivity contribution in [2.75, 3.05) is 13.1 Å². The molecular weight excluding hydrogens is 402 g/mol. The lowest BCUT2D eigenvalue weighted by Crippen LogP contribution is -2.44. The van der Waals surface area contributed by atoms with E-state index in [9.17, 15) is 10.1 Å². The fourth-order valence-corrected chi connectivity index (χ4v) is 3.86. The lowest BCUT2D eigenvalue weighted by molar-refractivity contribution is 0.0128. The van der Waals surface area contributed by atoms with Crippen LogP contribution in [-0.2, 0) is 4.74 Å². The number of ether oxygens (including phenoxy) is 2. The van der Waals surface area contributed by atoms with Crippen LogP contribution in [0.1, 0.15) is 39.2 Å². The molecule has 0 aliphatic carbocycles. The summed E-state index contributed by atoms with van der Waals surface area (Å²) in [5.41, 5.74) is 2.07. The molecule has 2 heterocycles. The lowest BCUT2D eigenvalue weighted by atomic mass is 9.99. The average molecular weight is 430 g/mol. The summed E-state index contributed by atoms with van der Waals surface area (Å²) < 4.78 is 11.9. The van der Waals surface area contributed by atoms with Crippen LogP contribution in [0.5, 0.6) is 5.75 Å². The van der Waals surface area contributed by atoms with E-state index in [4.69, 9.17) is 9.47 Å². The monoisotopic (exact) mass is 429 g/mol. The van der Waals surface area contributed by atoms with Crippen molar-refractivity contribution < 1.29 is 14.3 Å². The van der Waals surface area contributed by atoms with Gasteiger partial charge in [0.25, 0.3) is 0 Å². The van der Waals surface area contributed by atoms with Gasteiger partial charge in [0.2, 0.25) is 0 Å². The second-order valence-electron chi connectivity index (χ2n) is 9.05. The van der Waals surface area contributed by atoms with Crippen molar-refractivity contribution in [3.05, 3.63) is 60.4 Å². The molecule has 1 saturated heterocycles. The quantitative estimate of drug-likeness (QED) is 0.545. The van der Waals surface area contributed by atoms with Gasteiger partial charge >= 0.3 is 6.09 Å². The van der Waals surface area contributed by atoms with Gasteiger partial charge in [0, 0.05) is 43.7 Å². The number of benzene rings is 2. The van der Waals surface area contributed by atoms with Crippen LogP contribution in [0.25, 0.3) is 21.9 Å². The summed E-state index contributed by atoms with van der Waals surface area (Å²) in [5, 5.41) is 11.2. The number of piperidine rings is 1. The lowest BCUT2D eigenvalue weighted by Gasteiger charge is -2.33. The van der Waals surface area contributed by atoms with Crippen LogP contribution in [0.15, 0.2) is 54.9 Å². The first kappa shape index (κ1) is 21.6. The van der Waals surface area contributed by atoms with E-state index in [0.29, 0.717) is 18.7 Å². The number of nitriles is 1. The molecule has 0 saturated carbocycles. The molecule has 3 aromatic rings. The van der Waals surface area contributed by atoms with Gasteiger partial charge < -0.3 is 14.4 Å². The van der Waals surface area contributed by atoms with E-state index in [2.05, 4.69) is 17.1 Å². The van der Waals surface area contributed by atoms with Gasteiger partial charge in [-0.05, 0) is 67.6 Å². The third kappa shape index (κ3) is 5.00. The van der Waals surface area contributed by atoms with Gasteiger partial charge in [-0.15, -0.1) is 0 Å². The largest absolute Gasteiger partial charge is 0.490 e. The van der Waals surface area contributed by atoms with E-state index in [0.717, 1.165) is 40.5 Å². The van der Waals surface area contributed by atoms with Crippen LogP contribution in [0.2, 0.25) is 0 Å². The molecule has 1 amide bonds. The molecule has 0 N–H and O–H groups in total. The first-order chi connectivity index (χ1) is 15.3. The predicted octanol–water partition coefficient (Wildman–Crippen LogP) is 5.55. The van der Waals surface area contributed by atoms with Gasteiger partial charge in [-0.2, -0.15) is 5.26 Å². The molecule has 1 fully saturated rings. The van der Waals surface area contributed by atoms with Gasteiger partial charge in [0.15, 0.2) is 0 Å². The zero-order chi connectivity index (χ0) is 22.7. The Balaban J connectivity index is 1.54. The fourth-order valence-electron chi connectivity index (χ4n) is 3.86. The topological polar surface area (TPSA) is 75.4 Å². The molecule has 2 aromatic carbocycles. The van der Waals surface area contributed by atoms with Crippen molar-refractivity contribution in [3.8, 4) is 22.9 Å². The van der Waals surface area contributed by atoms with Gasteiger partial charge in [-0.25, -0.2) is 4.79 Å².